The van der Waals surface area contributed by atoms with Gasteiger partial charge in [-0.1, -0.05) is 42.1 Å². The van der Waals surface area contributed by atoms with Crippen molar-refractivity contribution in [2.24, 2.45) is 0 Å². The number of benzene rings is 2. The summed E-state index contributed by atoms with van der Waals surface area (Å²) in [5.74, 6) is 0. The fourth-order valence-electron chi connectivity index (χ4n) is 2.00. The first-order valence-electron chi connectivity index (χ1n) is 4.95. The van der Waals surface area contributed by atoms with Gasteiger partial charge in [-0.25, -0.2) is 0 Å². The van der Waals surface area contributed by atoms with Gasteiger partial charge >= 0.3 is 29.6 Å². The molecule has 0 saturated heterocycles. The molecule has 0 aliphatic heterocycles. The van der Waals surface area contributed by atoms with Gasteiger partial charge in [-0.2, -0.15) is 6.08 Å². The van der Waals surface area contributed by atoms with Crippen LogP contribution in [0.25, 0.3) is 10.8 Å². The van der Waals surface area contributed by atoms with Crippen molar-refractivity contribution in [3.63, 3.8) is 0 Å². The largest absolute Gasteiger partial charge is 1.00 e. The smallest absolute Gasteiger partial charge is 0.159 e. The minimum atomic E-state index is 0. The molecule has 2 aromatic rings. The molecular weight excluding hydrogens is 191 g/mol. The van der Waals surface area contributed by atoms with Gasteiger partial charge in [0.2, 0.25) is 0 Å². The quantitative estimate of drug-likeness (QED) is 0.431. The first-order valence-corrected chi connectivity index (χ1v) is 4.95. The predicted octanol–water partition coefficient (Wildman–Crippen LogP) is 0.508. The van der Waals surface area contributed by atoms with Crippen LogP contribution in [0.15, 0.2) is 48.6 Å². The van der Waals surface area contributed by atoms with Gasteiger partial charge in [-0.05, 0) is 5.39 Å². The summed E-state index contributed by atoms with van der Waals surface area (Å²) >= 11 is 0. The summed E-state index contributed by atoms with van der Waals surface area (Å²) in [6.07, 6.45) is 7.59. The third kappa shape index (κ3) is 1.98. The van der Waals surface area contributed by atoms with Crippen LogP contribution in [0.5, 0.6) is 0 Å². The summed E-state index contributed by atoms with van der Waals surface area (Å²) in [7, 11) is 0. The second kappa shape index (κ2) is 4.44. The van der Waals surface area contributed by atoms with Crippen molar-refractivity contribution in [3.05, 3.63) is 66.1 Å². The normalized spacial score (nSPS) is 12.8. The van der Waals surface area contributed by atoms with Gasteiger partial charge in [0, 0.05) is 0 Å². The zero-order chi connectivity index (χ0) is 9.38. The van der Waals surface area contributed by atoms with Crippen molar-refractivity contribution in [2.45, 2.75) is 6.42 Å². The molecule has 15 heavy (non-hydrogen) atoms. The van der Waals surface area contributed by atoms with Crippen LogP contribution in [-0.2, 0) is 6.42 Å². The van der Waals surface area contributed by atoms with Crippen molar-refractivity contribution in [1.29, 1.82) is 0 Å². The van der Waals surface area contributed by atoms with Crippen molar-refractivity contribution in [3.8, 4) is 0 Å². The molecule has 0 N–H and O–H groups in total. The average Bonchev–Trinajstić information content (AvgIpc) is 2.26. The summed E-state index contributed by atoms with van der Waals surface area (Å²) in [5, 5.41) is 2.67. The summed E-state index contributed by atoms with van der Waals surface area (Å²) in [4.78, 5) is 0. The van der Waals surface area contributed by atoms with Gasteiger partial charge in [-0.3, -0.25) is 0 Å². The Morgan fingerprint density at radius 3 is 2.53 bits per heavy atom. The summed E-state index contributed by atoms with van der Waals surface area (Å²) in [5.41, 5.74) is 2.80. The molecule has 68 valence electrons. The molecule has 2 aromatic carbocycles. The zero-order valence-electron chi connectivity index (χ0n) is 8.90. The SMILES string of the molecule is C1=CCc2cc3ccccc3cc2[CH-]1.[Na+]. The van der Waals surface area contributed by atoms with E-state index < -0.39 is 0 Å². The minimum absolute atomic E-state index is 0. The van der Waals surface area contributed by atoms with Crippen molar-refractivity contribution in [2.75, 3.05) is 0 Å². The summed E-state index contributed by atoms with van der Waals surface area (Å²) in [6, 6.07) is 13.1. The van der Waals surface area contributed by atoms with Crippen molar-refractivity contribution < 1.29 is 29.6 Å². The zero-order valence-corrected chi connectivity index (χ0v) is 10.9. The molecule has 3 rings (SSSR count). The standard InChI is InChI=1S/C14H11.Na/c1-2-6-12-10-14-8-4-3-7-13(14)9-11(12)5-1;/h1-7,9-10H,8H2;/q-1;+1. The molecule has 1 aliphatic rings. The van der Waals surface area contributed by atoms with E-state index in [1.807, 2.05) is 0 Å². The Balaban J connectivity index is 0.000000853. The third-order valence-electron chi connectivity index (χ3n) is 2.76. The second-order valence-electron chi connectivity index (χ2n) is 3.70. The Morgan fingerprint density at radius 1 is 1.00 bits per heavy atom. The number of hydrogen-bond acceptors (Lipinski definition) is 0. The average molecular weight is 202 g/mol. The maximum absolute atomic E-state index is 2.30. The first kappa shape index (κ1) is 10.8. The van der Waals surface area contributed by atoms with Crippen molar-refractivity contribution >= 4 is 10.8 Å². The van der Waals surface area contributed by atoms with Gasteiger partial charge < -0.3 is 0 Å². The van der Waals surface area contributed by atoms with Gasteiger partial charge in [-0.15, -0.1) is 29.7 Å². The molecule has 0 fully saturated rings. The van der Waals surface area contributed by atoms with Crippen LogP contribution < -0.4 is 29.6 Å². The molecule has 0 saturated carbocycles. The van der Waals surface area contributed by atoms with Crippen LogP contribution in [-0.4, -0.2) is 0 Å². The Bertz CT molecular complexity index is 465. The van der Waals surface area contributed by atoms with E-state index in [-0.39, 0.29) is 29.6 Å². The van der Waals surface area contributed by atoms with Crippen LogP contribution in [0, 0.1) is 6.42 Å². The molecule has 0 aromatic heterocycles. The van der Waals surface area contributed by atoms with Crippen molar-refractivity contribution in [1.82, 2.24) is 0 Å². The van der Waals surface area contributed by atoms with E-state index in [0.717, 1.165) is 6.42 Å². The molecule has 0 radical (unpaired) electrons. The molecule has 0 nitrogen and oxygen atoms in total. The third-order valence-corrected chi connectivity index (χ3v) is 2.76. The molecule has 0 atom stereocenters. The molecule has 0 unspecified atom stereocenters. The van der Waals surface area contributed by atoms with Gasteiger partial charge in [0.15, 0.2) is 0 Å². The molecular formula is C14H11Na. The van der Waals surface area contributed by atoms with E-state index in [2.05, 4.69) is 55.0 Å². The van der Waals surface area contributed by atoms with Gasteiger partial charge in [0.1, 0.15) is 0 Å². The topological polar surface area (TPSA) is 0 Å². The van der Waals surface area contributed by atoms with E-state index in [9.17, 15) is 0 Å². The van der Waals surface area contributed by atoms with E-state index in [1.165, 1.54) is 21.9 Å². The molecule has 0 amide bonds. The van der Waals surface area contributed by atoms with Crippen LogP contribution in [0.4, 0.5) is 0 Å². The molecule has 0 heterocycles. The Morgan fingerprint density at radius 2 is 1.73 bits per heavy atom. The van der Waals surface area contributed by atoms with Crippen LogP contribution in [0.3, 0.4) is 0 Å². The maximum Gasteiger partial charge on any atom is 1.00 e. The van der Waals surface area contributed by atoms with Crippen LogP contribution in [0.2, 0.25) is 0 Å². The van der Waals surface area contributed by atoms with Crippen LogP contribution in [0.1, 0.15) is 11.1 Å². The van der Waals surface area contributed by atoms with E-state index >= 15 is 0 Å². The number of hydrogen-bond donors (Lipinski definition) is 0. The van der Waals surface area contributed by atoms with E-state index in [0.29, 0.717) is 0 Å². The Kier molecular flexibility index (Phi) is 3.20. The van der Waals surface area contributed by atoms with Gasteiger partial charge in [0.05, 0.1) is 0 Å². The predicted molar refractivity (Wildman–Crippen MR) is 60.2 cm³/mol. The van der Waals surface area contributed by atoms with Crippen LogP contribution >= 0.6 is 0 Å². The molecule has 0 bridgehead atoms. The monoisotopic (exact) mass is 202 g/mol. The van der Waals surface area contributed by atoms with E-state index in [4.69, 9.17) is 0 Å². The Labute approximate surface area is 112 Å². The summed E-state index contributed by atoms with van der Waals surface area (Å²) < 4.78 is 0. The maximum atomic E-state index is 2.30. The fraction of sp³-hybridized carbons (Fsp3) is 0.0714. The minimum Gasteiger partial charge on any atom is -0.159 e. The first-order chi connectivity index (χ1) is 6.93. The fourth-order valence-corrected chi connectivity index (χ4v) is 2.00. The summed E-state index contributed by atoms with van der Waals surface area (Å²) in [6.45, 7) is 0. The van der Waals surface area contributed by atoms with E-state index in [1.54, 1.807) is 0 Å². The molecule has 1 heteroatoms. The second-order valence-corrected chi connectivity index (χ2v) is 3.70. The molecule has 0 spiro atoms. The molecule has 1 aliphatic carbocycles. The van der Waals surface area contributed by atoms with Gasteiger partial charge in [0.25, 0.3) is 0 Å². The number of fused-ring (bicyclic) bond motifs is 2. The Hall–Kier alpha value is -0.690. The number of rotatable bonds is 0. The number of allylic oxidation sites excluding steroid dienone is 2.